The SMILES string of the molecule is CC(=O)c1c(C)c2cnc(Nc3cc4ccn(C5CNC5)c4cn3)nc2n(C2CCCC2)c1=O.CC(=O)c1c(C)c2cnc(Nc3cc4ccn(CC5CCCN5)c4cn3)nc2n(C2CCCC2)c1=O.CC(=O)c1c(C)c2cnc(Nc3cc4ccn(CC5COCCN5)c4cn3)nc2n(C2CCCC2)c1=O. The third-order valence-corrected chi connectivity index (χ3v) is 22.5. The van der Waals surface area contributed by atoms with Crippen LogP contribution in [-0.4, -0.2) is 141 Å². The Morgan fingerprint density at radius 2 is 0.841 bits per heavy atom. The second-order valence-corrected chi connectivity index (χ2v) is 29.6. The molecule has 0 spiro atoms. The van der Waals surface area contributed by atoms with Crippen LogP contribution in [0.3, 0.4) is 0 Å². The standard InChI is InChI=1S/C27H31N7O3.C27H31N7O2.C25H27N7O2/c1-16-21-12-30-27(32-25(21)34(20-5-3-4-6-20)26(36)24(16)17(2)35)31-23-11-18-7-9-33(22(18)13-29-23)14-19-15-37-10-8-28-19;1-16-21-13-30-27(32-25(21)34(20-7-3-4-8-20)26(36)24(16)17(2)35)31-23-12-18-9-11-33(22(18)14-29-23)15-19-6-5-10-28-19;1-14-19-12-28-25(29-21-9-16-7-8-31(18-10-26-11-18)20(16)13-27-21)30-23(19)32(17-5-3-4-6-17)24(34)22(14)15(2)33/h7,9,11-13,19-20,28H,3-6,8,10,14-15H2,1-2H3,(H,29,30,31,32);9,11-14,19-20,28H,3-8,10,15H2,1-2H3,(H,29,30,31,32);7-9,12-13,17-18,26H,3-6,10-11H2,1-2H3,(H,27,28,29,30). The Balaban J connectivity index is 0.000000123. The number of nitrogens with zero attached hydrogens (tertiary/aromatic N) is 15. The van der Waals surface area contributed by atoms with Crippen LogP contribution in [0.2, 0.25) is 0 Å². The second kappa shape index (κ2) is 29.9. The summed E-state index contributed by atoms with van der Waals surface area (Å²) >= 11 is 0. The van der Waals surface area contributed by atoms with Gasteiger partial charge in [-0.1, -0.05) is 38.5 Å². The molecule has 3 aliphatic carbocycles. The minimum atomic E-state index is -0.257. The number of morpholine rings is 1. The smallest absolute Gasteiger partial charge is 0.263 e. The van der Waals surface area contributed by atoms with Crippen LogP contribution in [0.1, 0.15) is 183 Å². The van der Waals surface area contributed by atoms with Gasteiger partial charge in [0.1, 0.15) is 34.4 Å². The summed E-state index contributed by atoms with van der Waals surface area (Å²) in [5, 5.41) is 25.4. The normalized spacial score (nSPS) is 18.0. The minimum Gasteiger partial charge on any atom is -0.378 e. The van der Waals surface area contributed by atoms with Crippen LogP contribution in [0.4, 0.5) is 35.3 Å². The number of hydrogen-bond acceptors (Lipinski definition) is 22. The largest absolute Gasteiger partial charge is 0.378 e. The monoisotopic (exact) mass is 1440 g/mol. The zero-order valence-corrected chi connectivity index (χ0v) is 61.2. The van der Waals surface area contributed by atoms with Crippen molar-refractivity contribution in [2.75, 3.05) is 55.3 Å². The average Bonchev–Trinajstić information content (AvgIpc) is 0.976. The molecule has 28 nitrogen and oxygen atoms in total. The lowest BCUT2D eigenvalue weighted by Crippen LogP contribution is -2.43. The Hall–Kier alpha value is -10.8. The third-order valence-electron chi connectivity index (χ3n) is 22.5. The Morgan fingerprint density at radius 3 is 1.21 bits per heavy atom. The molecule has 0 aromatic carbocycles. The van der Waals surface area contributed by atoms with E-state index in [1.165, 1.54) is 33.6 Å². The van der Waals surface area contributed by atoms with E-state index >= 15 is 0 Å². The van der Waals surface area contributed by atoms with E-state index in [1.807, 2.05) is 36.8 Å². The molecule has 2 atom stereocenters. The van der Waals surface area contributed by atoms with Crippen LogP contribution < -0.4 is 48.6 Å². The quantitative estimate of drug-likeness (QED) is 0.0461. The maximum absolute atomic E-state index is 13.4. The lowest BCUT2D eigenvalue weighted by Gasteiger charge is -2.29. The van der Waals surface area contributed by atoms with E-state index in [0.717, 1.165) is 172 Å². The molecular formula is C79H89N21O7. The number of aromatic nitrogens is 15. The van der Waals surface area contributed by atoms with E-state index in [-0.39, 0.29) is 74.9 Å². The molecule has 0 amide bonds. The molecule has 6 N–H and O–H groups in total. The summed E-state index contributed by atoms with van der Waals surface area (Å²) < 4.78 is 17.4. The van der Waals surface area contributed by atoms with E-state index in [9.17, 15) is 28.8 Å². The molecule has 0 radical (unpaired) electrons. The zero-order chi connectivity index (χ0) is 73.7. The number of anilines is 6. The summed E-state index contributed by atoms with van der Waals surface area (Å²) in [4.78, 5) is 119. The Kier molecular flexibility index (Phi) is 19.7. The Morgan fingerprint density at radius 1 is 0.458 bits per heavy atom. The lowest BCUT2D eigenvalue weighted by atomic mass is 10.0. The van der Waals surface area contributed by atoms with Crippen LogP contribution in [0.15, 0.2) is 107 Å². The topological polar surface area (TPSA) is 329 Å². The molecule has 0 bridgehead atoms. The number of pyridine rings is 6. The van der Waals surface area contributed by atoms with E-state index < -0.39 is 0 Å². The first-order valence-corrected chi connectivity index (χ1v) is 37.7. The van der Waals surface area contributed by atoms with E-state index in [4.69, 9.17) is 19.7 Å². The van der Waals surface area contributed by atoms with Crippen molar-refractivity contribution in [2.24, 2.45) is 0 Å². The van der Waals surface area contributed by atoms with Gasteiger partial charge >= 0.3 is 0 Å². The highest BCUT2D eigenvalue weighted by Gasteiger charge is 2.31. The first kappa shape index (κ1) is 70.5. The fourth-order valence-corrected chi connectivity index (χ4v) is 16.9. The molecule has 15 heterocycles. The van der Waals surface area contributed by atoms with E-state index in [0.29, 0.717) is 87.6 Å². The van der Waals surface area contributed by atoms with Crippen molar-refractivity contribution in [3.05, 3.63) is 157 Å². The van der Waals surface area contributed by atoms with Crippen molar-refractivity contribution >= 4 is 118 Å². The molecule has 3 aliphatic heterocycles. The fourth-order valence-electron chi connectivity index (χ4n) is 16.9. The maximum atomic E-state index is 13.4. The summed E-state index contributed by atoms with van der Waals surface area (Å²) in [7, 11) is 0. The Bertz CT molecular complexity index is 5660. The van der Waals surface area contributed by atoms with Gasteiger partial charge in [-0.2, -0.15) is 15.0 Å². The van der Waals surface area contributed by atoms with Crippen molar-refractivity contribution in [2.45, 2.75) is 181 Å². The van der Waals surface area contributed by atoms with Crippen LogP contribution in [0, 0.1) is 20.8 Å². The highest BCUT2D eigenvalue weighted by atomic mass is 16.5. The van der Waals surface area contributed by atoms with Crippen molar-refractivity contribution in [3.63, 3.8) is 0 Å². The van der Waals surface area contributed by atoms with Gasteiger partial charge in [-0.15, -0.1) is 0 Å². The molecule has 2 unspecified atom stereocenters. The van der Waals surface area contributed by atoms with Crippen LogP contribution in [0.25, 0.3) is 65.8 Å². The molecule has 12 aromatic rings. The molecule has 28 heteroatoms. The van der Waals surface area contributed by atoms with Gasteiger partial charge in [-0.05, 0) is 153 Å². The number of ketones is 3. The number of nitrogens with one attached hydrogen (secondary N) is 6. The predicted octanol–water partition coefficient (Wildman–Crippen LogP) is 11.4. The predicted molar refractivity (Wildman–Crippen MR) is 413 cm³/mol. The molecular weight excluding hydrogens is 1360 g/mol. The number of Topliss-reactive ketones (excluding diaryl/α,β-unsaturated/α-hetero) is 3. The van der Waals surface area contributed by atoms with Gasteiger partial charge in [0.05, 0.1) is 71.1 Å². The lowest BCUT2D eigenvalue weighted by molar-refractivity contribution is 0.0718. The van der Waals surface area contributed by atoms with Gasteiger partial charge in [0.2, 0.25) is 17.8 Å². The number of rotatable bonds is 17. The first-order chi connectivity index (χ1) is 52.0. The van der Waals surface area contributed by atoms with Gasteiger partial charge < -0.3 is 50.3 Å². The Labute approximate surface area is 615 Å². The van der Waals surface area contributed by atoms with E-state index in [1.54, 1.807) is 53.1 Å². The summed E-state index contributed by atoms with van der Waals surface area (Å²) in [6, 6.07) is 13.6. The van der Waals surface area contributed by atoms with Gasteiger partial charge in [-0.25, -0.2) is 29.9 Å². The van der Waals surface area contributed by atoms with Crippen LogP contribution >= 0.6 is 0 Å². The zero-order valence-electron chi connectivity index (χ0n) is 61.2. The molecule has 18 rings (SSSR count). The number of fused-ring (bicyclic) bond motifs is 6. The number of carbonyl (C=O) groups excluding carboxylic acids is 3. The van der Waals surface area contributed by atoms with E-state index in [2.05, 4.69) is 112 Å². The molecule has 3 saturated carbocycles. The van der Waals surface area contributed by atoms with Crippen LogP contribution in [-0.2, 0) is 17.8 Å². The fraction of sp³-hybridized carbons (Fsp3) is 0.430. The number of ether oxygens (including phenoxy) is 1. The molecule has 107 heavy (non-hydrogen) atoms. The highest BCUT2D eigenvalue weighted by Crippen LogP contribution is 2.37. The summed E-state index contributed by atoms with van der Waals surface area (Å²) in [6.07, 6.45) is 31.3. The number of aryl methyl sites for hydroxylation is 3. The minimum absolute atomic E-state index is 0.0368. The van der Waals surface area contributed by atoms with Crippen molar-refractivity contribution < 1.29 is 19.1 Å². The summed E-state index contributed by atoms with van der Waals surface area (Å²) in [6.45, 7) is 16.8. The summed E-state index contributed by atoms with van der Waals surface area (Å²) in [5.41, 5.74) is 6.80. The number of hydrogen-bond donors (Lipinski definition) is 6. The van der Waals surface area contributed by atoms with Crippen molar-refractivity contribution in [1.29, 1.82) is 0 Å². The summed E-state index contributed by atoms with van der Waals surface area (Å²) in [5.74, 6) is 2.36. The molecule has 552 valence electrons. The number of carbonyl (C=O) groups is 3. The van der Waals surface area contributed by atoms with Crippen molar-refractivity contribution in [1.82, 2.24) is 88.2 Å². The molecule has 6 aliphatic rings. The molecule has 3 saturated heterocycles. The van der Waals surface area contributed by atoms with Gasteiger partial charge in [0.15, 0.2) is 17.3 Å². The first-order valence-electron chi connectivity index (χ1n) is 37.7. The van der Waals surface area contributed by atoms with Crippen molar-refractivity contribution in [3.8, 4) is 0 Å². The van der Waals surface area contributed by atoms with Gasteiger partial charge in [-0.3, -0.25) is 42.5 Å². The van der Waals surface area contributed by atoms with Gasteiger partial charge in [0, 0.05) is 132 Å². The average molecular weight is 1440 g/mol. The van der Waals surface area contributed by atoms with Gasteiger partial charge in [0.25, 0.3) is 16.7 Å². The molecule has 12 aromatic heterocycles. The van der Waals surface area contributed by atoms with Crippen LogP contribution in [0.5, 0.6) is 0 Å². The maximum Gasteiger partial charge on any atom is 0.263 e. The molecule has 6 fully saturated rings. The third kappa shape index (κ3) is 13.9. The second-order valence-electron chi connectivity index (χ2n) is 29.6. The highest BCUT2D eigenvalue weighted by molar-refractivity contribution is 6.01.